The maximum Gasteiger partial charge on any atom is 0.143 e. The van der Waals surface area contributed by atoms with Gasteiger partial charge in [-0.2, -0.15) is 0 Å². The van der Waals surface area contributed by atoms with Crippen molar-refractivity contribution in [3.8, 4) is 12.3 Å². The molecule has 2 nitrogen and oxygen atoms in total. The molecule has 0 aromatic carbocycles. The number of ether oxygens (including phenoxy) is 1. The van der Waals surface area contributed by atoms with Gasteiger partial charge in [0.05, 0.1) is 0 Å². The molecule has 1 fully saturated rings. The molecule has 1 N–H and O–H groups in total. The molecule has 1 heterocycles. The molecule has 1 aliphatic heterocycles. The monoisotopic (exact) mass is 167 g/mol. The lowest BCUT2D eigenvalue weighted by atomic mass is 9.83. The lowest BCUT2D eigenvalue weighted by Gasteiger charge is -2.20. The minimum absolute atomic E-state index is 0.0759. The maximum absolute atomic E-state index is 5.56. The van der Waals surface area contributed by atoms with Crippen LogP contribution in [0.15, 0.2) is 0 Å². The Hall–Kier alpha value is -0.520. The van der Waals surface area contributed by atoms with E-state index in [1.807, 2.05) is 7.05 Å². The van der Waals surface area contributed by atoms with Gasteiger partial charge >= 0.3 is 0 Å². The van der Waals surface area contributed by atoms with Crippen LogP contribution in [0.2, 0.25) is 0 Å². The van der Waals surface area contributed by atoms with Gasteiger partial charge in [0.25, 0.3) is 0 Å². The zero-order valence-electron chi connectivity index (χ0n) is 8.27. The molecular weight excluding hydrogens is 150 g/mol. The summed E-state index contributed by atoms with van der Waals surface area (Å²) >= 11 is 0. The first-order valence-corrected chi connectivity index (χ1v) is 4.26. The van der Waals surface area contributed by atoms with Crippen LogP contribution in [0.3, 0.4) is 0 Å². The largest absolute Gasteiger partial charge is 0.350 e. The Morgan fingerprint density at radius 1 is 1.67 bits per heavy atom. The van der Waals surface area contributed by atoms with Crippen molar-refractivity contribution in [1.82, 2.24) is 5.32 Å². The summed E-state index contributed by atoms with van der Waals surface area (Å²) in [5, 5.41) is 3.14. The van der Waals surface area contributed by atoms with Crippen LogP contribution in [0.5, 0.6) is 0 Å². The summed E-state index contributed by atoms with van der Waals surface area (Å²) in [4.78, 5) is 0. The summed E-state index contributed by atoms with van der Waals surface area (Å²) in [6.07, 6.45) is 6.28. The molecule has 1 aliphatic rings. The van der Waals surface area contributed by atoms with Crippen molar-refractivity contribution in [2.45, 2.75) is 39.0 Å². The van der Waals surface area contributed by atoms with Crippen LogP contribution in [0, 0.1) is 17.8 Å². The number of hydrogen-bond acceptors (Lipinski definition) is 2. The Morgan fingerprint density at radius 2 is 2.25 bits per heavy atom. The summed E-state index contributed by atoms with van der Waals surface area (Å²) in [7, 11) is 1.91. The van der Waals surface area contributed by atoms with E-state index >= 15 is 0 Å². The van der Waals surface area contributed by atoms with Gasteiger partial charge in [0.15, 0.2) is 0 Å². The number of epoxide rings is 1. The molecule has 2 unspecified atom stereocenters. The van der Waals surface area contributed by atoms with Crippen LogP contribution in [-0.2, 0) is 4.74 Å². The third-order valence-corrected chi connectivity index (χ3v) is 2.57. The van der Waals surface area contributed by atoms with Gasteiger partial charge in [-0.25, -0.2) is 0 Å². The lowest BCUT2D eigenvalue weighted by Crippen LogP contribution is -2.34. The van der Waals surface area contributed by atoms with E-state index in [0.29, 0.717) is 0 Å². The van der Waals surface area contributed by atoms with E-state index in [9.17, 15) is 0 Å². The quantitative estimate of drug-likeness (QED) is 0.507. The predicted molar refractivity (Wildman–Crippen MR) is 49.6 cm³/mol. The van der Waals surface area contributed by atoms with E-state index in [-0.39, 0.29) is 17.2 Å². The van der Waals surface area contributed by atoms with E-state index in [1.54, 1.807) is 0 Å². The van der Waals surface area contributed by atoms with Crippen LogP contribution in [0.25, 0.3) is 0 Å². The highest BCUT2D eigenvalue weighted by atomic mass is 16.6. The molecule has 0 spiro atoms. The van der Waals surface area contributed by atoms with Crippen LogP contribution in [-0.4, -0.2) is 18.9 Å². The summed E-state index contributed by atoms with van der Waals surface area (Å²) in [5.74, 6) is 2.68. The molecule has 2 atom stereocenters. The average Bonchev–Trinajstić information content (AvgIpc) is 2.65. The minimum atomic E-state index is -0.152. The third kappa shape index (κ3) is 1.48. The lowest BCUT2D eigenvalue weighted by molar-refractivity contribution is 0.230. The number of nitrogens with one attached hydrogen (secondary N) is 1. The molecule has 12 heavy (non-hydrogen) atoms. The molecule has 0 saturated carbocycles. The molecule has 2 heteroatoms. The Morgan fingerprint density at radius 3 is 2.58 bits per heavy atom. The fourth-order valence-corrected chi connectivity index (χ4v) is 1.66. The number of hydrogen-bond donors (Lipinski definition) is 1. The van der Waals surface area contributed by atoms with Crippen molar-refractivity contribution in [2.75, 3.05) is 7.05 Å². The molecule has 1 rings (SSSR count). The first-order valence-electron chi connectivity index (χ1n) is 4.26. The van der Waals surface area contributed by atoms with E-state index in [0.717, 1.165) is 6.42 Å². The topological polar surface area (TPSA) is 24.6 Å². The van der Waals surface area contributed by atoms with Gasteiger partial charge in [-0.05, 0) is 14.0 Å². The van der Waals surface area contributed by atoms with E-state index < -0.39 is 0 Å². The average molecular weight is 167 g/mol. The van der Waals surface area contributed by atoms with Crippen LogP contribution in [0.4, 0.5) is 0 Å². The molecule has 0 aromatic heterocycles. The third-order valence-electron chi connectivity index (χ3n) is 2.57. The minimum Gasteiger partial charge on any atom is -0.350 e. The standard InChI is InChI=1S/C10H17NO/c1-6-7-9(2,3)8-10(4,11-5)12-8/h1,8,11H,7H2,2-5H3. The van der Waals surface area contributed by atoms with Crippen molar-refractivity contribution >= 4 is 0 Å². The number of likely N-dealkylation sites (N-methyl/N-ethyl adjacent to an activating group) is 1. The molecule has 68 valence electrons. The van der Waals surface area contributed by atoms with Gasteiger partial charge in [0, 0.05) is 11.8 Å². The van der Waals surface area contributed by atoms with Crippen LogP contribution in [0.1, 0.15) is 27.2 Å². The zero-order valence-corrected chi connectivity index (χ0v) is 8.27. The van der Waals surface area contributed by atoms with Gasteiger partial charge in [0.1, 0.15) is 11.8 Å². The molecule has 0 bridgehead atoms. The SMILES string of the molecule is C#CCC(C)(C)C1OC1(C)NC. The molecule has 0 amide bonds. The maximum atomic E-state index is 5.56. The fraction of sp³-hybridized carbons (Fsp3) is 0.800. The van der Waals surface area contributed by atoms with Gasteiger partial charge in [-0.15, -0.1) is 12.3 Å². The number of terminal acetylenes is 1. The number of rotatable bonds is 3. The molecular formula is C10H17NO. The molecule has 0 aromatic rings. The van der Waals surface area contributed by atoms with Gasteiger partial charge < -0.3 is 4.74 Å². The van der Waals surface area contributed by atoms with Crippen molar-refractivity contribution in [3.05, 3.63) is 0 Å². The van der Waals surface area contributed by atoms with Crippen molar-refractivity contribution in [1.29, 1.82) is 0 Å². The smallest absolute Gasteiger partial charge is 0.143 e. The van der Waals surface area contributed by atoms with Crippen LogP contribution < -0.4 is 5.32 Å². The fourth-order valence-electron chi connectivity index (χ4n) is 1.66. The van der Waals surface area contributed by atoms with Crippen molar-refractivity contribution in [3.63, 3.8) is 0 Å². The Bertz CT molecular complexity index is 216. The summed E-state index contributed by atoms with van der Waals surface area (Å²) in [6.45, 7) is 6.33. The van der Waals surface area contributed by atoms with Crippen molar-refractivity contribution < 1.29 is 4.74 Å². The van der Waals surface area contributed by atoms with E-state index in [2.05, 4.69) is 32.0 Å². The Kier molecular flexibility index (Phi) is 2.20. The Balaban J connectivity index is 2.58. The summed E-state index contributed by atoms with van der Waals surface area (Å²) in [6, 6.07) is 0. The molecule has 1 saturated heterocycles. The van der Waals surface area contributed by atoms with Gasteiger partial charge in [0.2, 0.25) is 0 Å². The highest BCUT2D eigenvalue weighted by Gasteiger charge is 2.58. The first kappa shape index (κ1) is 9.57. The first-order chi connectivity index (χ1) is 5.46. The predicted octanol–water partition coefficient (Wildman–Crippen LogP) is 1.37. The second-order valence-corrected chi connectivity index (χ2v) is 4.22. The molecule has 0 aliphatic carbocycles. The second-order valence-electron chi connectivity index (χ2n) is 4.22. The highest BCUT2D eigenvalue weighted by molar-refractivity contribution is 5.07. The van der Waals surface area contributed by atoms with Crippen LogP contribution >= 0.6 is 0 Å². The van der Waals surface area contributed by atoms with Gasteiger partial charge in [-0.3, -0.25) is 5.32 Å². The van der Waals surface area contributed by atoms with E-state index in [4.69, 9.17) is 11.2 Å². The zero-order chi connectivity index (χ0) is 9.41. The van der Waals surface area contributed by atoms with Gasteiger partial charge in [-0.1, -0.05) is 13.8 Å². The van der Waals surface area contributed by atoms with E-state index in [1.165, 1.54) is 0 Å². The second kappa shape index (κ2) is 2.76. The summed E-state index contributed by atoms with van der Waals surface area (Å²) < 4.78 is 5.56. The highest BCUT2D eigenvalue weighted by Crippen LogP contribution is 2.46. The molecule has 0 radical (unpaired) electrons. The Labute approximate surface area is 74.7 Å². The summed E-state index contributed by atoms with van der Waals surface area (Å²) in [5.41, 5.74) is -0.0765. The normalized spacial score (nSPS) is 34.4. The van der Waals surface area contributed by atoms with Crippen molar-refractivity contribution in [2.24, 2.45) is 5.41 Å².